The maximum atomic E-state index is 9.82. The molecule has 1 heterocycles. The van der Waals surface area contributed by atoms with Crippen molar-refractivity contribution in [3.63, 3.8) is 0 Å². The Balaban J connectivity index is 2.16. The summed E-state index contributed by atoms with van der Waals surface area (Å²) in [6.07, 6.45) is 0.771. The summed E-state index contributed by atoms with van der Waals surface area (Å²) in [5.41, 5.74) is 1.24. The molecule has 0 aliphatic carbocycles. The first-order valence-electron chi connectivity index (χ1n) is 4.91. The summed E-state index contributed by atoms with van der Waals surface area (Å²) in [4.78, 5) is 0. The van der Waals surface area contributed by atoms with Crippen molar-refractivity contribution < 1.29 is 5.11 Å². The molecule has 0 radical (unpaired) electrons. The third kappa shape index (κ3) is 2.16. The van der Waals surface area contributed by atoms with Gasteiger partial charge < -0.3 is 10.4 Å². The lowest BCUT2D eigenvalue weighted by Gasteiger charge is -2.28. The van der Waals surface area contributed by atoms with Crippen molar-refractivity contribution in [1.29, 1.82) is 0 Å². The first-order valence-corrected chi connectivity index (χ1v) is 5.71. The molecule has 0 aromatic heterocycles. The molecule has 1 aromatic rings. The molecule has 2 rings (SSSR count). The van der Waals surface area contributed by atoms with Crippen molar-refractivity contribution in [2.75, 3.05) is 13.1 Å². The largest absolute Gasteiger partial charge is 0.391 e. The van der Waals surface area contributed by atoms with E-state index < -0.39 is 0 Å². The summed E-state index contributed by atoms with van der Waals surface area (Å²) < 4.78 is 1.09. The molecule has 0 saturated carbocycles. The van der Waals surface area contributed by atoms with Crippen molar-refractivity contribution in [3.8, 4) is 0 Å². The van der Waals surface area contributed by atoms with Crippen molar-refractivity contribution in [2.45, 2.75) is 18.4 Å². The van der Waals surface area contributed by atoms with Gasteiger partial charge in [0.25, 0.3) is 0 Å². The highest BCUT2D eigenvalue weighted by molar-refractivity contribution is 9.10. The molecule has 2 N–H and O–H groups in total. The van der Waals surface area contributed by atoms with E-state index in [-0.39, 0.29) is 6.10 Å². The second-order valence-electron chi connectivity index (χ2n) is 3.72. The number of hydrogen-bond donors (Lipinski definition) is 2. The van der Waals surface area contributed by atoms with E-state index in [2.05, 4.69) is 33.4 Å². The Morgan fingerprint density at radius 1 is 1.29 bits per heavy atom. The maximum Gasteiger partial charge on any atom is 0.0733 e. The van der Waals surface area contributed by atoms with Gasteiger partial charge in [-0.25, -0.2) is 0 Å². The summed E-state index contributed by atoms with van der Waals surface area (Å²) in [7, 11) is 0. The molecule has 0 amide bonds. The standard InChI is InChI=1S/C11H14BrNO/c12-9-3-1-8(2-4-9)10-5-6-13-7-11(10)14/h1-4,10-11,13-14H,5-7H2. The first-order chi connectivity index (χ1) is 6.77. The van der Waals surface area contributed by atoms with Crippen LogP contribution < -0.4 is 5.32 Å². The molecule has 2 unspecified atom stereocenters. The molecule has 2 nitrogen and oxygen atoms in total. The number of nitrogens with one attached hydrogen (secondary N) is 1. The van der Waals surface area contributed by atoms with Gasteiger partial charge in [0.15, 0.2) is 0 Å². The highest BCUT2D eigenvalue weighted by Gasteiger charge is 2.23. The minimum Gasteiger partial charge on any atom is -0.391 e. The van der Waals surface area contributed by atoms with Gasteiger partial charge in [-0.05, 0) is 30.7 Å². The number of β-amino-alcohol motifs (C(OH)–C–C–N with tert-alkyl or cyclic N) is 1. The van der Waals surface area contributed by atoms with Crippen LogP contribution in [0.3, 0.4) is 0 Å². The quantitative estimate of drug-likeness (QED) is 0.804. The Labute approximate surface area is 92.5 Å². The molecule has 0 bridgehead atoms. The Hall–Kier alpha value is -0.380. The number of piperidine rings is 1. The van der Waals surface area contributed by atoms with Gasteiger partial charge in [-0.2, -0.15) is 0 Å². The molecule has 76 valence electrons. The molecular weight excluding hydrogens is 242 g/mol. The van der Waals surface area contributed by atoms with Crippen molar-refractivity contribution in [3.05, 3.63) is 34.3 Å². The van der Waals surface area contributed by atoms with Crippen LogP contribution in [0.5, 0.6) is 0 Å². The van der Waals surface area contributed by atoms with Gasteiger partial charge >= 0.3 is 0 Å². The van der Waals surface area contributed by atoms with E-state index in [1.807, 2.05) is 12.1 Å². The average molecular weight is 256 g/mol. The van der Waals surface area contributed by atoms with Crippen LogP contribution >= 0.6 is 15.9 Å². The van der Waals surface area contributed by atoms with Crippen LogP contribution in [0, 0.1) is 0 Å². The van der Waals surface area contributed by atoms with Gasteiger partial charge in [-0.1, -0.05) is 28.1 Å². The number of halogens is 1. The van der Waals surface area contributed by atoms with Crippen molar-refractivity contribution >= 4 is 15.9 Å². The molecule has 0 spiro atoms. The van der Waals surface area contributed by atoms with Gasteiger partial charge in [-0.3, -0.25) is 0 Å². The van der Waals surface area contributed by atoms with Crippen LogP contribution in [0.4, 0.5) is 0 Å². The van der Waals surface area contributed by atoms with Crippen LogP contribution in [-0.4, -0.2) is 24.3 Å². The smallest absolute Gasteiger partial charge is 0.0733 e. The molecule has 1 aromatic carbocycles. The topological polar surface area (TPSA) is 32.3 Å². The highest BCUT2D eigenvalue weighted by atomic mass is 79.9. The fourth-order valence-corrected chi connectivity index (χ4v) is 2.21. The van der Waals surface area contributed by atoms with Gasteiger partial charge in [0.2, 0.25) is 0 Å². The number of rotatable bonds is 1. The van der Waals surface area contributed by atoms with Crippen LogP contribution in [-0.2, 0) is 0 Å². The third-order valence-corrected chi connectivity index (χ3v) is 3.28. The SMILES string of the molecule is OC1CNCCC1c1ccc(Br)cc1. The monoisotopic (exact) mass is 255 g/mol. The van der Waals surface area contributed by atoms with E-state index in [0.717, 1.165) is 17.4 Å². The van der Waals surface area contributed by atoms with Crippen LogP contribution in [0.25, 0.3) is 0 Å². The second kappa shape index (κ2) is 4.43. The van der Waals surface area contributed by atoms with Crippen LogP contribution in [0.15, 0.2) is 28.7 Å². The van der Waals surface area contributed by atoms with Gasteiger partial charge in [-0.15, -0.1) is 0 Å². The van der Waals surface area contributed by atoms with E-state index in [9.17, 15) is 5.11 Å². The van der Waals surface area contributed by atoms with E-state index in [1.54, 1.807) is 0 Å². The molecule has 1 aliphatic rings. The van der Waals surface area contributed by atoms with Gasteiger partial charge in [0.05, 0.1) is 6.10 Å². The van der Waals surface area contributed by atoms with E-state index in [4.69, 9.17) is 0 Å². The van der Waals surface area contributed by atoms with E-state index in [0.29, 0.717) is 12.5 Å². The fourth-order valence-electron chi connectivity index (χ4n) is 1.94. The van der Waals surface area contributed by atoms with Crippen molar-refractivity contribution in [1.82, 2.24) is 5.32 Å². The predicted octanol–water partition coefficient (Wildman–Crippen LogP) is 1.89. The van der Waals surface area contributed by atoms with Gasteiger partial charge in [0, 0.05) is 16.9 Å². The van der Waals surface area contributed by atoms with Crippen LogP contribution in [0.1, 0.15) is 17.9 Å². The zero-order valence-electron chi connectivity index (χ0n) is 7.91. The average Bonchev–Trinajstić information content (AvgIpc) is 2.20. The zero-order valence-corrected chi connectivity index (χ0v) is 9.50. The second-order valence-corrected chi connectivity index (χ2v) is 4.63. The van der Waals surface area contributed by atoms with Gasteiger partial charge in [0.1, 0.15) is 0 Å². The number of benzene rings is 1. The fraction of sp³-hybridized carbons (Fsp3) is 0.455. The summed E-state index contributed by atoms with van der Waals surface area (Å²) in [5, 5.41) is 13.0. The maximum absolute atomic E-state index is 9.82. The Morgan fingerprint density at radius 3 is 2.64 bits per heavy atom. The molecule has 1 fully saturated rings. The lowest BCUT2D eigenvalue weighted by molar-refractivity contribution is 0.118. The number of aliphatic hydroxyl groups excluding tert-OH is 1. The number of aliphatic hydroxyl groups is 1. The van der Waals surface area contributed by atoms with Crippen LogP contribution in [0.2, 0.25) is 0 Å². The minimum atomic E-state index is -0.245. The number of hydrogen-bond acceptors (Lipinski definition) is 2. The molecule has 1 saturated heterocycles. The summed E-state index contributed by atoms with van der Waals surface area (Å²) in [6.45, 7) is 1.71. The molecule has 14 heavy (non-hydrogen) atoms. The van der Waals surface area contributed by atoms with Crippen molar-refractivity contribution in [2.24, 2.45) is 0 Å². The molecular formula is C11H14BrNO. The predicted molar refractivity (Wildman–Crippen MR) is 60.4 cm³/mol. The highest BCUT2D eigenvalue weighted by Crippen LogP contribution is 2.26. The third-order valence-electron chi connectivity index (χ3n) is 2.75. The Bertz CT molecular complexity index is 299. The Morgan fingerprint density at radius 2 is 2.00 bits per heavy atom. The molecule has 3 heteroatoms. The normalized spacial score (nSPS) is 27.6. The van der Waals surface area contributed by atoms with E-state index in [1.165, 1.54) is 5.56 Å². The zero-order chi connectivity index (χ0) is 9.97. The first kappa shape index (κ1) is 10.1. The summed E-state index contributed by atoms with van der Waals surface area (Å²) in [5.74, 6) is 0.296. The van der Waals surface area contributed by atoms with E-state index >= 15 is 0 Å². The lowest BCUT2D eigenvalue weighted by Crippen LogP contribution is -2.39. The summed E-state index contributed by atoms with van der Waals surface area (Å²) >= 11 is 3.41. The summed E-state index contributed by atoms with van der Waals surface area (Å²) in [6, 6.07) is 8.24. The minimum absolute atomic E-state index is 0.245. The molecule has 2 atom stereocenters. The Kier molecular flexibility index (Phi) is 3.21. The molecule has 1 aliphatic heterocycles. The lowest BCUT2D eigenvalue weighted by atomic mass is 9.88.